The number of amides is 2. The Morgan fingerprint density at radius 1 is 0.740 bits per heavy atom. The topological polar surface area (TPSA) is 96.0 Å². The molecule has 0 saturated carbocycles. The summed E-state index contributed by atoms with van der Waals surface area (Å²) in [4.78, 5) is 30.2. The number of benzene rings is 5. The van der Waals surface area contributed by atoms with E-state index in [9.17, 15) is 18.0 Å². The molecule has 50 heavy (non-hydrogen) atoms. The predicted molar refractivity (Wildman–Crippen MR) is 198 cm³/mol. The van der Waals surface area contributed by atoms with Crippen LogP contribution in [0.4, 0.5) is 5.69 Å². The van der Waals surface area contributed by atoms with Gasteiger partial charge in [0.05, 0.1) is 10.6 Å². The van der Waals surface area contributed by atoms with Crippen molar-refractivity contribution in [3.8, 4) is 11.5 Å². The smallest absolute Gasteiger partial charge is 0.264 e. The van der Waals surface area contributed by atoms with Crippen LogP contribution in [0.25, 0.3) is 0 Å². The lowest BCUT2D eigenvalue weighted by Crippen LogP contribution is -2.54. The van der Waals surface area contributed by atoms with Gasteiger partial charge in [0.25, 0.3) is 10.0 Å². The number of sulfonamides is 1. The van der Waals surface area contributed by atoms with E-state index in [2.05, 4.69) is 5.32 Å². The van der Waals surface area contributed by atoms with Gasteiger partial charge in [0, 0.05) is 24.0 Å². The molecule has 0 spiro atoms. The fourth-order valence-electron chi connectivity index (χ4n) is 5.34. The van der Waals surface area contributed by atoms with Gasteiger partial charge in [0.2, 0.25) is 11.8 Å². The lowest BCUT2D eigenvalue weighted by atomic mass is 10.0. The molecule has 0 unspecified atom stereocenters. The second-order valence-electron chi connectivity index (χ2n) is 11.9. The Hall–Kier alpha value is -5.12. The van der Waals surface area contributed by atoms with Crippen molar-refractivity contribution in [1.29, 1.82) is 0 Å². The van der Waals surface area contributed by atoms with Crippen LogP contribution in [-0.4, -0.2) is 43.8 Å². The van der Waals surface area contributed by atoms with Gasteiger partial charge in [0.15, 0.2) is 0 Å². The van der Waals surface area contributed by atoms with Crippen molar-refractivity contribution >= 4 is 39.1 Å². The summed E-state index contributed by atoms with van der Waals surface area (Å²) in [6.45, 7) is 3.36. The van der Waals surface area contributed by atoms with Crippen molar-refractivity contribution in [2.45, 2.75) is 50.2 Å². The monoisotopic (exact) mass is 709 g/mol. The average molecular weight is 710 g/mol. The molecule has 5 aromatic carbocycles. The third-order valence-electron chi connectivity index (χ3n) is 8.25. The van der Waals surface area contributed by atoms with E-state index >= 15 is 0 Å². The van der Waals surface area contributed by atoms with Crippen LogP contribution in [0.1, 0.15) is 31.4 Å². The lowest BCUT2D eigenvalue weighted by Gasteiger charge is -2.34. The molecule has 0 saturated heterocycles. The zero-order chi connectivity index (χ0) is 35.5. The van der Waals surface area contributed by atoms with Crippen molar-refractivity contribution in [2.24, 2.45) is 0 Å². The summed E-state index contributed by atoms with van der Waals surface area (Å²) in [5.74, 6) is 0.245. The quantitative estimate of drug-likeness (QED) is 0.119. The number of halogens is 1. The predicted octanol–water partition coefficient (Wildman–Crippen LogP) is 7.88. The SMILES string of the molecule is CC[C@@H](C)NC(=O)[C@@H](Cc1ccccc1)N(Cc1ccc(Cl)cc1)C(=O)CN(c1ccc(Oc2ccccc2)cc1)S(=O)(=O)c1ccccc1. The normalized spacial score (nSPS) is 12.4. The highest BCUT2D eigenvalue weighted by Crippen LogP contribution is 2.29. The zero-order valence-electron chi connectivity index (χ0n) is 28.0. The standard InChI is InChI=1S/C40H40ClN3O5S/c1-3-30(2)42-40(46)38(27-31-13-7-4-8-14-31)43(28-32-19-21-33(41)22-20-32)39(45)29-44(50(47,48)37-17-11-6-12-18-37)34-23-25-36(26-24-34)49-35-15-9-5-10-16-35/h4-26,30,38H,3,27-29H2,1-2H3,(H,42,46)/t30-,38-/m1/s1. The maximum Gasteiger partial charge on any atom is 0.264 e. The summed E-state index contributed by atoms with van der Waals surface area (Å²) in [7, 11) is -4.23. The lowest BCUT2D eigenvalue weighted by molar-refractivity contribution is -0.140. The van der Waals surface area contributed by atoms with E-state index in [4.69, 9.17) is 16.3 Å². The Kier molecular flexibility index (Phi) is 12.3. The van der Waals surface area contributed by atoms with Crippen LogP contribution in [0.5, 0.6) is 11.5 Å². The fraction of sp³-hybridized carbons (Fsp3) is 0.200. The minimum Gasteiger partial charge on any atom is -0.457 e. The van der Waals surface area contributed by atoms with Crippen molar-refractivity contribution in [3.63, 3.8) is 0 Å². The third-order valence-corrected chi connectivity index (χ3v) is 10.3. The van der Waals surface area contributed by atoms with Crippen LogP contribution in [0, 0.1) is 0 Å². The Morgan fingerprint density at radius 2 is 1.30 bits per heavy atom. The van der Waals surface area contributed by atoms with E-state index in [1.807, 2.05) is 74.5 Å². The third kappa shape index (κ3) is 9.52. The van der Waals surface area contributed by atoms with E-state index in [1.54, 1.807) is 66.7 Å². The maximum atomic E-state index is 14.7. The van der Waals surface area contributed by atoms with Gasteiger partial charge >= 0.3 is 0 Å². The summed E-state index contributed by atoms with van der Waals surface area (Å²) in [6, 6.07) is 39.1. The van der Waals surface area contributed by atoms with Gasteiger partial charge in [-0.15, -0.1) is 0 Å². The van der Waals surface area contributed by atoms with Crippen LogP contribution < -0.4 is 14.4 Å². The molecule has 0 fully saturated rings. The summed E-state index contributed by atoms with van der Waals surface area (Å²) >= 11 is 6.18. The molecule has 0 aliphatic heterocycles. The molecule has 2 amide bonds. The number of carbonyl (C=O) groups excluding carboxylic acids is 2. The second-order valence-corrected chi connectivity index (χ2v) is 14.2. The number of rotatable bonds is 15. The minimum atomic E-state index is -4.23. The van der Waals surface area contributed by atoms with Gasteiger partial charge in [-0.25, -0.2) is 8.42 Å². The van der Waals surface area contributed by atoms with Gasteiger partial charge < -0.3 is 15.0 Å². The first-order valence-electron chi connectivity index (χ1n) is 16.4. The van der Waals surface area contributed by atoms with E-state index in [-0.39, 0.29) is 35.5 Å². The Labute approximate surface area is 299 Å². The Bertz CT molecular complexity index is 1940. The number of anilines is 1. The van der Waals surface area contributed by atoms with Crippen molar-refractivity contribution in [1.82, 2.24) is 10.2 Å². The highest BCUT2D eigenvalue weighted by molar-refractivity contribution is 7.92. The molecule has 5 aromatic rings. The molecular formula is C40H40ClN3O5S. The van der Waals surface area contributed by atoms with Gasteiger partial charge in [-0.3, -0.25) is 13.9 Å². The van der Waals surface area contributed by atoms with Gasteiger partial charge in [-0.1, -0.05) is 97.4 Å². The van der Waals surface area contributed by atoms with Gasteiger partial charge in [-0.05, 0) is 85.1 Å². The molecule has 0 heterocycles. The van der Waals surface area contributed by atoms with Crippen molar-refractivity contribution in [3.05, 3.63) is 156 Å². The number of nitrogens with one attached hydrogen (secondary N) is 1. The molecule has 0 aromatic heterocycles. The molecule has 0 bridgehead atoms. The molecule has 8 nitrogen and oxygen atoms in total. The fourth-order valence-corrected chi connectivity index (χ4v) is 6.90. The number of hydrogen-bond acceptors (Lipinski definition) is 5. The minimum absolute atomic E-state index is 0.0250. The molecule has 5 rings (SSSR count). The van der Waals surface area contributed by atoms with E-state index in [1.165, 1.54) is 17.0 Å². The van der Waals surface area contributed by atoms with E-state index in [0.29, 0.717) is 22.9 Å². The van der Waals surface area contributed by atoms with Crippen LogP contribution in [0.2, 0.25) is 5.02 Å². The molecule has 10 heteroatoms. The van der Waals surface area contributed by atoms with E-state index in [0.717, 1.165) is 15.4 Å². The Balaban J connectivity index is 1.55. The molecule has 258 valence electrons. The van der Waals surface area contributed by atoms with Crippen molar-refractivity contribution < 1.29 is 22.7 Å². The van der Waals surface area contributed by atoms with Crippen LogP contribution in [-0.2, 0) is 32.6 Å². The van der Waals surface area contributed by atoms with Gasteiger partial charge in [-0.2, -0.15) is 0 Å². The molecule has 2 atom stereocenters. The molecule has 0 aliphatic carbocycles. The van der Waals surface area contributed by atoms with Gasteiger partial charge in [0.1, 0.15) is 24.1 Å². The number of para-hydroxylation sites is 1. The number of nitrogens with zero attached hydrogens (tertiary/aromatic N) is 2. The molecule has 0 radical (unpaired) electrons. The number of carbonyl (C=O) groups is 2. The highest BCUT2D eigenvalue weighted by atomic mass is 35.5. The van der Waals surface area contributed by atoms with E-state index < -0.39 is 28.5 Å². The largest absolute Gasteiger partial charge is 0.457 e. The summed E-state index contributed by atoms with van der Waals surface area (Å²) < 4.78 is 35.6. The highest BCUT2D eigenvalue weighted by Gasteiger charge is 2.35. The summed E-state index contributed by atoms with van der Waals surface area (Å²) in [5.41, 5.74) is 1.85. The first-order valence-corrected chi connectivity index (χ1v) is 18.2. The molecule has 1 N–H and O–H groups in total. The summed E-state index contributed by atoms with van der Waals surface area (Å²) in [5, 5.41) is 3.58. The second kappa shape index (κ2) is 17.0. The van der Waals surface area contributed by atoms with Crippen LogP contribution in [0.15, 0.2) is 144 Å². The maximum absolute atomic E-state index is 14.7. The number of ether oxygens (including phenoxy) is 1. The Morgan fingerprint density at radius 3 is 1.90 bits per heavy atom. The first kappa shape index (κ1) is 36.2. The molecule has 0 aliphatic rings. The number of hydrogen-bond donors (Lipinski definition) is 1. The van der Waals surface area contributed by atoms with Crippen molar-refractivity contribution in [2.75, 3.05) is 10.8 Å². The molecular weight excluding hydrogens is 670 g/mol. The van der Waals surface area contributed by atoms with Crippen LogP contribution >= 0.6 is 11.6 Å². The average Bonchev–Trinajstić information content (AvgIpc) is 3.14. The zero-order valence-corrected chi connectivity index (χ0v) is 29.6. The van der Waals surface area contributed by atoms with Crippen LogP contribution in [0.3, 0.4) is 0 Å². The first-order chi connectivity index (χ1) is 24.1. The summed E-state index contributed by atoms with van der Waals surface area (Å²) in [6.07, 6.45) is 0.918.